The van der Waals surface area contributed by atoms with Gasteiger partial charge in [0.15, 0.2) is 0 Å². The zero-order valence-electron chi connectivity index (χ0n) is 10.8. The van der Waals surface area contributed by atoms with Gasteiger partial charge in [0.1, 0.15) is 23.4 Å². The number of rotatable bonds is 5. The van der Waals surface area contributed by atoms with Gasteiger partial charge < -0.3 is 15.3 Å². The number of aryl methyl sites for hydroxylation is 1. The summed E-state index contributed by atoms with van der Waals surface area (Å²) < 4.78 is 18.5. The molecule has 0 saturated heterocycles. The normalized spacial score (nSPS) is 14.3. The summed E-state index contributed by atoms with van der Waals surface area (Å²) in [6.45, 7) is 2.24. The summed E-state index contributed by atoms with van der Waals surface area (Å²) in [5, 5.41) is 10.3. The van der Waals surface area contributed by atoms with Crippen molar-refractivity contribution in [2.24, 2.45) is 5.73 Å². The minimum absolute atomic E-state index is 0.259. The molecule has 0 saturated carbocycles. The highest BCUT2D eigenvalue weighted by Gasteiger charge is 2.24. The van der Waals surface area contributed by atoms with E-state index in [2.05, 4.69) is 0 Å². The number of furan rings is 1. The summed E-state index contributed by atoms with van der Waals surface area (Å²) >= 11 is 0. The Balaban J connectivity index is 2.23. The molecule has 0 aliphatic heterocycles. The maximum Gasteiger partial charge on any atom is 0.133 e. The predicted octanol–water partition coefficient (Wildman–Crippen LogP) is 2.76. The molecule has 19 heavy (non-hydrogen) atoms. The zero-order chi connectivity index (χ0) is 13.8. The minimum Gasteiger partial charge on any atom is -0.463 e. The van der Waals surface area contributed by atoms with Gasteiger partial charge in [-0.25, -0.2) is 4.39 Å². The van der Waals surface area contributed by atoms with E-state index in [0.29, 0.717) is 5.76 Å². The smallest absolute Gasteiger partial charge is 0.133 e. The van der Waals surface area contributed by atoms with E-state index in [0.717, 1.165) is 17.7 Å². The van der Waals surface area contributed by atoms with Gasteiger partial charge in [0.25, 0.3) is 0 Å². The quantitative estimate of drug-likeness (QED) is 0.872. The van der Waals surface area contributed by atoms with Crippen LogP contribution in [0.4, 0.5) is 4.39 Å². The Morgan fingerprint density at radius 3 is 2.42 bits per heavy atom. The van der Waals surface area contributed by atoms with Gasteiger partial charge >= 0.3 is 0 Å². The number of hydrogen-bond acceptors (Lipinski definition) is 3. The first-order valence-electron chi connectivity index (χ1n) is 6.38. The topological polar surface area (TPSA) is 59.4 Å². The van der Waals surface area contributed by atoms with Crippen molar-refractivity contribution in [1.82, 2.24) is 0 Å². The summed E-state index contributed by atoms with van der Waals surface area (Å²) in [6, 6.07) is 9.61. The summed E-state index contributed by atoms with van der Waals surface area (Å²) in [5.74, 6) is 0.706. The molecule has 2 unspecified atom stereocenters. The van der Waals surface area contributed by atoms with Crippen LogP contribution < -0.4 is 5.73 Å². The number of aliphatic hydroxyl groups is 1. The van der Waals surface area contributed by atoms with E-state index in [1.165, 1.54) is 12.1 Å². The third-order valence-electron chi connectivity index (χ3n) is 3.26. The average molecular weight is 263 g/mol. The Morgan fingerprint density at radius 2 is 1.89 bits per heavy atom. The number of hydrogen-bond donors (Lipinski definition) is 2. The molecule has 2 rings (SSSR count). The highest BCUT2D eigenvalue weighted by molar-refractivity contribution is 5.24. The van der Waals surface area contributed by atoms with Crippen molar-refractivity contribution in [3.63, 3.8) is 0 Å². The molecule has 1 aromatic carbocycles. The maximum absolute atomic E-state index is 12.9. The molecule has 0 fully saturated rings. The van der Waals surface area contributed by atoms with Crippen molar-refractivity contribution >= 4 is 0 Å². The van der Waals surface area contributed by atoms with Crippen LogP contribution in [0.5, 0.6) is 0 Å². The molecular weight excluding hydrogens is 245 g/mol. The fourth-order valence-electron chi connectivity index (χ4n) is 2.10. The molecule has 0 amide bonds. The SMILES string of the molecule is CCc1ccc(C(O)C(CN)c2ccc(F)cc2)o1. The van der Waals surface area contributed by atoms with Gasteiger partial charge in [-0.1, -0.05) is 19.1 Å². The first kappa shape index (κ1) is 13.8. The number of benzene rings is 1. The Hall–Kier alpha value is -1.65. The average Bonchev–Trinajstić information content (AvgIpc) is 2.90. The monoisotopic (exact) mass is 263 g/mol. The summed E-state index contributed by atoms with van der Waals surface area (Å²) in [7, 11) is 0. The molecule has 0 aliphatic rings. The molecule has 3 nitrogen and oxygen atoms in total. The van der Waals surface area contributed by atoms with Crippen molar-refractivity contribution < 1.29 is 13.9 Å². The number of aliphatic hydroxyl groups excluding tert-OH is 1. The first-order chi connectivity index (χ1) is 9.15. The summed E-state index contributed by atoms with van der Waals surface area (Å²) in [5.41, 5.74) is 6.52. The lowest BCUT2D eigenvalue weighted by atomic mass is 9.92. The van der Waals surface area contributed by atoms with Gasteiger partial charge in [-0.15, -0.1) is 0 Å². The lowest BCUT2D eigenvalue weighted by Crippen LogP contribution is -2.19. The number of halogens is 1. The molecule has 0 aliphatic carbocycles. The third-order valence-corrected chi connectivity index (χ3v) is 3.26. The Kier molecular flexibility index (Phi) is 4.35. The van der Waals surface area contributed by atoms with Crippen molar-refractivity contribution in [3.05, 3.63) is 59.3 Å². The van der Waals surface area contributed by atoms with Gasteiger partial charge in [0, 0.05) is 18.9 Å². The Labute approximate surface area is 111 Å². The van der Waals surface area contributed by atoms with E-state index in [4.69, 9.17) is 10.2 Å². The van der Waals surface area contributed by atoms with Crippen LogP contribution in [0.1, 0.15) is 36.0 Å². The second-order valence-electron chi connectivity index (χ2n) is 4.50. The van der Waals surface area contributed by atoms with Crippen LogP contribution in [0.15, 0.2) is 40.8 Å². The fraction of sp³-hybridized carbons (Fsp3) is 0.333. The molecule has 1 heterocycles. The van der Waals surface area contributed by atoms with Crippen LogP contribution in [0.25, 0.3) is 0 Å². The molecular formula is C15H18FNO2. The Morgan fingerprint density at radius 1 is 1.21 bits per heavy atom. The molecule has 0 radical (unpaired) electrons. The zero-order valence-corrected chi connectivity index (χ0v) is 10.8. The highest BCUT2D eigenvalue weighted by Crippen LogP contribution is 2.31. The van der Waals surface area contributed by atoms with Crippen LogP contribution in [0, 0.1) is 5.82 Å². The summed E-state index contributed by atoms with van der Waals surface area (Å²) in [4.78, 5) is 0. The van der Waals surface area contributed by atoms with Crippen LogP contribution in [0.2, 0.25) is 0 Å². The molecule has 2 aromatic rings. The molecule has 1 aromatic heterocycles. The molecule has 0 spiro atoms. The van der Waals surface area contributed by atoms with E-state index in [1.807, 2.05) is 13.0 Å². The second kappa shape index (κ2) is 5.99. The first-order valence-corrected chi connectivity index (χ1v) is 6.38. The molecule has 0 bridgehead atoms. The second-order valence-corrected chi connectivity index (χ2v) is 4.50. The van der Waals surface area contributed by atoms with Gasteiger partial charge in [-0.3, -0.25) is 0 Å². The predicted molar refractivity (Wildman–Crippen MR) is 71.2 cm³/mol. The van der Waals surface area contributed by atoms with Crippen LogP contribution >= 0.6 is 0 Å². The largest absolute Gasteiger partial charge is 0.463 e. The van der Waals surface area contributed by atoms with E-state index in [9.17, 15) is 9.50 Å². The van der Waals surface area contributed by atoms with E-state index < -0.39 is 6.10 Å². The summed E-state index contributed by atoms with van der Waals surface area (Å²) in [6.07, 6.45) is -0.0490. The van der Waals surface area contributed by atoms with Crippen LogP contribution in [-0.4, -0.2) is 11.7 Å². The fourth-order valence-corrected chi connectivity index (χ4v) is 2.10. The lowest BCUT2D eigenvalue weighted by molar-refractivity contribution is 0.120. The van der Waals surface area contributed by atoms with E-state index >= 15 is 0 Å². The van der Waals surface area contributed by atoms with Crippen molar-refractivity contribution in [2.45, 2.75) is 25.4 Å². The van der Waals surface area contributed by atoms with Gasteiger partial charge in [0.05, 0.1) is 0 Å². The molecule has 2 atom stereocenters. The van der Waals surface area contributed by atoms with Crippen LogP contribution in [0.3, 0.4) is 0 Å². The van der Waals surface area contributed by atoms with E-state index in [-0.39, 0.29) is 18.3 Å². The van der Waals surface area contributed by atoms with Gasteiger partial charge in [-0.05, 0) is 29.8 Å². The van der Waals surface area contributed by atoms with Crippen molar-refractivity contribution in [3.8, 4) is 0 Å². The lowest BCUT2D eigenvalue weighted by Gasteiger charge is -2.20. The minimum atomic E-state index is -0.823. The maximum atomic E-state index is 12.9. The highest BCUT2D eigenvalue weighted by atomic mass is 19.1. The third kappa shape index (κ3) is 3.03. The molecule has 102 valence electrons. The van der Waals surface area contributed by atoms with Gasteiger partial charge in [0.2, 0.25) is 0 Å². The number of nitrogens with two attached hydrogens (primary N) is 1. The van der Waals surface area contributed by atoms with E-state index in [1.54, 1.807) is 18.2 Å². The van der Waals surface area contributed by atoms with Crippen LogP contribution in [-0.2, 0) is 6.42 Å². The van der Waals surface area contributed by atoms with Crippen molar-refractivity contribution in [1.29, 1.82) is 0 Å². The molecule has 4 heteroatoms. The van der Waals surface area contributed by atoms with Gasteiger partial charge in [-0.2, -0.15) is 0 Å². The Bertz CT molecular complexity index is 521. The van der Waals surface area contributed by atoms with Crippen molar-refractivity contribution in [2.75, 3.05) is 6.54 Å². The molecule has 3 N–H and O–H groups in total. The standard InChI is InChI=1S/C15H18FNO2/c1-2-12-7-8-14(19-12)15(18)13(9-17)10-3-5-11(16)6-4-10/h3-8,13,15,18H,2,9,17H2,1H3.